The van der Waals surface area contributed by atoms with Gasteiger partial charge in [0.2, 0.25) is 5.91 Å². The van der Waals surface area contributed by atoms with Crippen LogP contribution in [0.15, 0.2) is 45.5 Å². The van der Waals surface area contributed by atoms with Crippen molar-refractivity contribution in [3.8, 4) is 0 Å². The second-order valence-electron chi connectivity index (χ2n) is 6.68. The summed E-state index contributed by atoms with van der Waals surface area (Å²) in [6, 6.07) is 10.5. The van der Waals surface area contributed by atoms with Crippen LogP contribution in [0.3, 0.4) is 0 Å². The Morgan fingerprint density at radius 2 is 1.78 bits per heavy atom. The number of amides is 2. The highest BCUT2D eigenvalue weighted by molar-refractivity contribution is 9.10. The summed E-state index contributed by atoms with van der Waals surface area (Å²) >= 11 is 3.17. The third-order valence-corrected chi connectivity index (χ3v) is 5.00. The van der Waals surface area contributed by atoms with Crippen LogP contribution in [-0.4, -0.2) is 42.9 Å². The van der Waals surface area contributed by atoms with Crippen LogP contribution in [-0.2, 0) is 11.2 Å². The first kappa shape index (κ1) is 19.6. The van der Waals surface area contributed by atoms with Crippen molar-refractivity contribution in [3.63, 3.8) is 0 Å². The van der Waals surface area contributed by atoms with E-state index in [4.69, 9.17) is 4.42 Å². The minimum Gasteiger partial charge on any atom is -0.444 e. The molecule has 0 unspecified atom stereocenters. The molecule has 0 atom stereocenters. The Bertz CT molecular complexity index is 767. The summed E-state index contributed by atoms with van der Waals surface area (Å²) in [4.78, 5) is 26.5. The number of hydrogen-bond donors (Lipinski definition) is 2. The molecule has 1 aromatic heterocycles. The first-order valence-corrected chi connectivity index (χ1v) is 10.0. The van der Waals surface area contributed by atoms with Crippen LogP contribution in [0.4, 0.5) is 5.69 Å². The summed E-state index contributed by atoms with van der Waals surface area (Å²) in [6.07, 6.45) is 4.17. The zero-order valence-corrected chi connectivity index (χ0v) is 16.8. The first-order chi connectivity index (χ1) is 13.1. The van der Waals surface area contributed by atoms with Crippen LogP contribution < -0.4 is 10.6 Å². The van der Waals surface area contributed by atoms with E-state index in [1.807, 2.05) is 12.1 Å². The molecule has 2 amide bonds. The Kier molecular flexibility index (Phi) is 7.06. The maximum absolute atomic E-state index is 12.1. The van der Waals surface area contributed by atoms with Gasteiger partial charge in [-0.15, -0.1) is 0 Å². The van der Waals surface area contributed by atoms with Crippen molar-refractivity contribution in [1.82, 2.24) is 10.2 Å². The number of carbonyl (C=O) groups excluding carboxylic acids is 2. The van der Waals surface area contributed by atoms with Crippen LogP contribution in [0.1, 0.15) is 35.4 Å². The van der Waals surface area contributed by atoms with Crippen LogP contribution in [0, 0.1) is 0 Å². The molecular weight excluding hydrogens is 410 g/mol. The molecule has 0 aliphatic carbocycles. The molecular formula is C20H24BrN3O3. The smallest absolute Gasteiger partial charge is 0.291 e. The van der Waals surface area contributed by atoms with Gasteiger partial charge in [-0.25, -0.2) is 0 Å². The van der Waals surface area contributed by atoms with E-state index < -0.39 is 0 Å². The molecule has 0 radical (unpaired) electrons. The van der Waals surface area contributed by atoms with Crippen molar-refractivity contribution in [3.05, 3.63) is 52.4 Å². The number of nitrogens with one attached hydrogen (secondary N) is 2. The standard InChI is InChI=1S/C20H24BrN3O3/c21-18-9-8-17(27-18)20(26)23-16-6-4-15(5-7-16)14-19(25)22-10-13-24-11-2-1-3-12-24/h4-9H,1-3,10-14H2,(H,22,25)(H,23,26). The lowest BCUT2D eigenvalue weighted by Gasteiger charge is -2.26. The summed E-state index contributed by atoms with van der Waals surface area (Å²) in [5, 5.41) is 5.75. The van der Waals surface area contributed by atoms with Crippen molar-refractivity contribution in [2.45, 2.75) is 25.7 Å². The Morgan fingerprint density at radius 3 is 2.44 bits per heavy atom. The number of furan rings is 1. The maximum Gasteiger partial charge on any atom is 0.291 e. The van der Waals surface area contributed by atoms with Crippen LogP contribution in [0.5, 0.6) is 0 Å². The van der Waals surface area contributed by atoms with Gasteiger partial charge >= 0.3 is 0 Å². The Labute approximate surface area is 167 Å². The molecule has 7 heteroatoms. The number of likely N-dealkylation sites (tertiary alicyclic amines) is 1. The molecule has 0 saturated carbocycles. The highest BCUT2D eigenvalue weighted by Gasteiger charge is 2.12. The molecule has 1 aromatic carbocycles. The molecule has 27 heavy (non-hydrogen) atoms. The van der Waals surface area contributed by atoms with E-state index in [0.29, 0.717) is 23.3 Å². The third-order valence-electron chi connectivity index (χ3n) is 4.57. The van der Waals surface area contributed by atoms with E-state index in [9.17, 15) is 9.59 Å². The molecule has 2 N–H and O–H groups in total. The summed E-state index contributed by atoms with van der Waals surface area (Å²) in [5.41, 5.74) is 1.56. The van der Waals surface area contributed by atoms with Gasteiger partial charge in [0.25, 0.3) is 5.91 Å². The molecule has 6 nitrogen and oxygen atoms in total. The molecule has 1 aliphatic rings. The highest BCUT2D eigenvalue weighted by atomic mass is 79.9. The molecule has 3 rings (SSSR count). The van der Waals surface area contributed by atoms with Crippen LogP contribution >= 0.6 is 15.9 Å². The maximum atomic E-state index is 12.1. The normalized spacial score (nSPS) is 14.7. The minimum absolute atomic E-state index is 0.0178. The van der Waals surface area contributed by atoms with Gasteiger partial charge in [0, 0.05) is 18.8 Å². The number of anilines is 1. The molecule has 0 spiro atoms. The second-order valence-corrected chi connectivity index (χ2v) is 7.47. The lowest BCUT2D eigenvalue weighted by atomic mass is 10.1. The predicted octanol–water partition coefficient (Wildman–Crippen LogP) is 3.44. The number of carbonyl (C=O) groups is 2. The van der Waals surface area contributed by atoms with Crippen molar-refractivity contribution >= 4 is 33.4 Å². The summed E-state index contributed by atoms with van der Waals surface area (Å²) in [5.74, 6) is -0.0628. The van der Waals surface area contributed by atoms with Crippen molar-refractivity contribution in [2.24, 2.45) is 0 Å². The zero-order valence-electron chi connectivity index (χ0n) is 15.2. The third kappa shape index (κ3) is 6.22. The van der Waals surface area contributed by atoms with Gasteiger partial charge in [-0.05, 0) is 71.7 Å². The van der Waals surface area contributed by atoms with Gasteiger partial charge in [-0.2, -0.15) is 0 Å². The van der Waals surface area contributed by atoms with E-state index in [-0.39, 0.29) is 17.6 Å². The number of piperidine rings is 1. The molecule has 1 aliphatic heterocycles. The molecule has 2 aromatic rings. The Morgan fingerprint density at radius 1 is 1.04 bits per heavy atom. The van der Waals surface area contributed by atoms with Crippen molar-refractivity contribution in [1.29, 1.82) is 0 Å². The van der Waals surface area contributed by atoms with E-state index in [0.717, 1.165) is 25.2 Å². The predicted molar refractivity (Wildman–Crippen MR) is 108 cm³/mol. The fourth-order valence-corrected chi connectivity index (χ4v) is 3.43. The molecule has 0 bridgehead atoms. The lowest BCUT2D eigenvalue weighted by molar-refractivity contribution is -0.120. The number of hydrogen-bond acceptors (Lipinski definition) is 4. The van der Waals surface area contributed by atoms with E-state index >= 15 is 0 Å². The summed E-state index contributed by atoms with van der Waals surface area (Å²) in [7, 11) is 0. The van der Waals surface area contributed by atoms with Gasteiger partial charge in [0.05, 0.1) is 6.42 Å². The van der Waals surface area contributed by atoms with E-state index in [1.54, 1.807) is 24.3 Å². The van der Waals surface area contributed by atoms with Gasteiger partial charge in [-0.3, -0.25) is 9.59 Å². The zero-order chi connectivity index (χ0) is 19.1. The number of nitrogens with zero attached hydrogens (tertiary/aromatic N) is 1. The van der Waals surface area contributed by atoms with Crippen molar-refractivity contribution < 1.29 is 14.0 Å². The van der Waals surface area contributed by atoms with Crippen LogP contribution in [0.2, 0.25) is 0 Å². The second kappa shape index (κ2) is 9.71. The summed E-state index contributed by atoms with van der Waals surface area (Å²) in [6.45, 7) is 3.88. The lowest BCUT2D eigenvalue weighted by Crippen LogP contribution is -2.38. The molecule has 1 saturated heterocycles. The average Bonchev–Trinajstić information content (AvgIpc) is 3.11. The van der Waals surface area contributed by atoms with Gasteiger partial charge < -0.3 is 20.0 Å². The van der Waals surface area contributed by atoms with E-state index in [1.165, 1.54) is 19.3 Å². The first-order valence-electron chi connectivity index (χ1n) is 9.25. The summed E-state index contributed by atoms with van der Waals surface area (Å²) < 4.78 is 5.73. The quantitative estimate of drug-likeness (QED) is 0.700. The highest BCUT2D eigenvalue weighted by Crippen LogP contribution is 2.16. The number of benzene rings is 1. The fourth-order valence-electron chi connectivity index (χ4n) is 3.12. The average molecular weight is 434 g/mol. The Balaban J connectivity index is 1.41. The van der Waals surface area contributed by atoms with Crippen molar-refractivity contribution in [2.75, 3.05) is 31.5 Å². The van der Waals surface area contributed by atoms with E-state index in [2.05, 4.69) is 31.5 Å². The monoisotopic (exact) mass is 433 g/mol. The topological polar surface area (TPSA) is 74.6 Å². The molecule has 2 heterocycles. The molecule has 144 valence electrons. The van der Waals surface area contributed by atoms with Gasteiger partial charge in [0.15, 0.2) is 10.4 Å². The largest absolute Gasteiger partial charge is 0.444 e. The molecule has 1 fully saturated rings. The van der Waals surface area contributed by atoms with Gasteiger partial charge in [0.1, 0.15) is 0 Å². The SMILES string of the molecule is O=C(Cc1ccc(NC(=O)c2ccc(Br)o2)cc1)NCCN1CCCCC1. The van der Waals surface area contributed by atoms with Gasteiger partial charge in [-0.1, -0.05) is 18.6 Å². The number of rotatable bonds is 7. The minimum atomic E-state index is -0.316. The van der Waals surface area contributed by atoms with Crippen LogP contribution in [0.25, 0.3) is 0 Å². The number of halogens is 1. The fraction of sp³-hybridized carbons (Fsp3) is 0.400. The Hall–Kier alpha value is -2.12.